The van der Waals surface area contributed by atoms with Gasteiger partial charge < -0.3 is 5.32 Å². The molecule has 0 unspecified atom stereocenters. The summed E-state index contributed by atoms with van der Waals surface area (Å²) in [6, 6.07) is 12.7. The molecule has 0 spiro atoms. The van der Waals surface area contributed by atoms with E-state index in [0.717, 1.165) is 4.47 Å². The zero-order valence-corrected chi connectivity index (χ0v) is 15.9. The van der Waals surface area contributed by atoms with Crippen molar-refractivity contribution in [2.45, 2.75) is 18.2 Å². The van der Waals surface area contributed by atoms with Crippen LogP contribution in [-0.2, 0) is 14.8 Å². The van der Waals surface area contributed by atoms with E-state index in [0.29, 0.717) is 11.3 Å². The Balaban J connectivity index is 1.88. The maximum absolute atomic E-state index is 12.2. The van der Waals surface area contributed by atoms with Crippen molar-refractivity contribution < 1.29 is 18.0 Å². The van der Waals surface area contributed by atoms with Crippen LogP contribution < -0.4 is 10.0 Å². The summed E-state index contributed by atoms with van der Waals surface area (Å²) in [5.74, 6) is -0.432. The monoisotopic (exact) mass is 424 g/mol. The maximum atomic E-state index is 12.2. The third-order valence-electron chi connectivity index (χ3n) is 3.34. The number of nitrogens with one attached hydrogen (secondary N) is 2. The molecule has 0 saturated heterocycles. The molecule has 0 radical (unpaired) electrons. The highest BCUT2D eigenvalue weighted by Crippen LogP contribution is 2.14. The van der Waals surface area contributed by atoms with Crippen molar-refractivity contribution in [2.75, 3.05) is 11.9 Å². The highest BCUT2D eigenvalue weighted by molar-refractivity contribution is 9.10. The minimum Gasteiger partial charge on any atom is -0.326 e. The lowest BCUT2D eigenvalue weighted by Crippen LogP contribution is -2.27. The van der Waals surface area contributed by atoms with Gasteiger partial charge in [0.05, 0.1) is 4.90 Å². The second kappa shape index (κ2) is 8.37. The molecule has 2 aromatic rings. The summed E-state index contributed by atoms with van der Waals surface area (Å²) in [5.41, 5.74) is 1.07. The van der Waals surface area contributed by atoms with E-state index in [2.05, 4.69) is 26.0 Å². The fraction of sp³-hybridized carbons (Fsp3) is 0.176. The molecule has 0 atom stereocenters. The fourth-order valence-electron chi connectivity index (χ4n) is 2.01. The van der Waals surface area contributed by atoms with Crippen LogP contribution in [0.3, 0.4) is 0 Å². The van der Waals surface area contributed by atoms with Crippen molar-refractivity contribution in [3.63, 3.8) is 0 Å². The number of Topliss-reactive ketones (excluding diaryl/α,β-unsaturated/α-hetero) is 1. The Labute approximate surface area is 154 Å². The van der Waals surface area contributed by atoms with Gasteiger partial charge in [-0.2, -0.15) is 0 Å². The molecule has 0 aromatic heterocycles. The number of carbonyl (C=O) groups excluding carboxylic acids is 2. The summed E-state index contributed by atoms with van der Waals surface area (Å²) in [6.07, 6.45) is 0.000817. The number of anilines is 1. The summed E-state index contributed by atoms with van der Waals surface area (Å²) >= 11 is 3.30. The SMILES string of the molecule is CC(=O)c1ccc(S(=O)(=O)NCCC(=O)Nc2ccc(Br)cc2)cc1. The molecular formula is C17H17BrN2O4S. The molecule has 8 heteroatoms. The van der Waals surface area contributed by atoms with Crippen LogP contribution in [0.4, 0.5) is 5.69 Å². The molecule has 0 fully saturated rings. The fourth-order valence-corrected chi connectivity index (χ4v) is 3.30. The zero-order chi connectivity index (χ0) is 18.4. The third kappa shape index (κ3) is 5.77. The van der Waals surface area contributed by atoms with Crippen LogP contribution >= 0.6 is 15.9 Å². The van der Waals surface area contributed by atoms with Crippen molar-refractivity contribution >= 4 is 43.3 Å². The lowest BCUT2D eigenvalue weighted by molar-refractivity contribution is -0.116. The molecule has 1 amide bonds. The summed E-state index contributed by atoms with van der Waals surface area (Å²) in [6.45, 7) is 1.38. The van der Waals surface area contributed by atoms with Crippen LogP contribution in [0.5, 0.6) is 0 Å². The quantitative estimate of drug-likeness (QED) is 0.668. The van der Waals surface area contributed by atoms with E-state index in [1.165, 1.54) is 31.2 Å². The number of halogens is 1. The Morgan fingerprint density at radius 2 is 1.60 bits per heavy atom. The molecule has 2 rings (SSSR count). The van der Waals surface area contributed by atoms with Crippen molar-refractivity contribution in [1.82, 2.24) is 4.72 Å². The highest BCUT2D eigenvalue weighted by Gasteiger charge is 2.14. The number of carbonyl (C=O) groups is 2. The summed E-state index contributed by atoms with van der Waals surface area (Å²) in [5, 5.41) is 2.68. The number of benzene rings is 2. The minimum absolute atomic E-state index is 0.000817. The van der Waals surface area contributed by atoms with Gasteiger partial charge in [0.15, 0.2) is 5.78 Å². The topological polar surface area (TPSA) is 92.3 Å². The Morgan fingerprint density at radius 3 is 2.16 bits per heavy atom. The van der Waals surface area contributed by atoms with Gasteiger partial charge in [0, 0.05) is 28.7 Å². The van der Waals surface area contributed by atoms with Crippen LogP contribution in [0, 0.1) is 0 Å². The molecule has 0 aliphatic rings. The van der Waals surface area contributed by atoms with Gasteiger partial charge in [-0.05, 0) is 43.3 Å². The largest absolute Gasteiger partial charge is 0.326 e. The van der Waals surface area contributed by atoms with Crippen LogP contribution in [-0.4, -0.2) is 26.7 Å². The van der Waals surface area contributed by atoms with Gasteiger partial charge in [0.25, 0.3) is 0 Å². The van der Waals surface area contributed by atoms with Gasteiger partial charge in [0.2, 0.25) is 15.9 Å². The molecule has 0 saturated carbocycles. The first kappa shape index (κ1) is 19.3. The van der Waals surface area contributed by atoms with Crippen molar-refractivity contribution in [3.8, 4) is 0 Å². The Hall–Kier alpha value is -2.03. The van der Waals surface area contributed by atoms with E-state index in [1.54, 1.807) is 24.3 Å². The van der Waals surface area contributed by atoms with Crippen molar-refractivity contribution in [2.24, 2.45) is 0 Å². The molecule has 0 bridgehead atoms. The van der Waals surface area contributed by atoms with Gasteiger partial charge in [-0.3, -0.25) is 9.59 Å². The smallest absolute Gasteiger partial charge is 0.240 e. The predicted molar refractivity (Wildman–Crippen MR) is 99.0 cm³/mol. The molecule has 2 N–H and O–H groups in total. The number of hydrogen-bond acceptors (Lipinski definition) is 4. The Kier molecular flexibility index (Phi) is 6.46. The van der Waals surface area contributed by atoms with Crippen molar-refractivity contribution in [3.05, 3.63) is 58.6 Å². The summed E-state index contributed by atoms with van der Waals surface area (Å²) in [7, 11) is -3.72. The standard InChI is InChI=1S/C17H17BrN2O4S/c1-12(21)13-2-8-16(9-3-13)25(23,24)19-11-10-17(22)20-15-6-4-14(18)5-7-15/h2-9,19H,10-11H2,1H3,(H,20,22). The van der Waals surface area contributed by atoms with Gasteiger partial charge in [-0.15, -0.1) is 0 Å². The molecule has 0 aliphatic heterocycles. The lowest BCUT2D eigenvalue weighted by atomic mass is 10.2. The second-order valence-corrected chi connectivity index (χ2v) is 7.97. The Bertz CT molecular complexity index is 863. The minimum atomic E-state index is -3.72. The summed E-state index contributed by atoms with van der Waals surface area (Å²) < 4.78 is 27.6. The predicted octanol–water partition coefficient (Wildman–Crippen LogP) is 2.96. The average molecular weight is 425 g/mol. The number of amides is 1. The van der Waals surface area contributed by atoms with E-state index in [9.17, 15) is 18.0 Å². The first-order valence-corrected chi connectivity index (χ1v) is 9.71. The number of hydrogen-bond donors (Lipinski definition) is 2. The first-order chi connectivity index (χ1) is 11.8. The lowest BCUT2D eigenvalue weighted by Gasteiger charge is -2.08. The number of sulfonamides is 1. The first-order valence-electron chi connectivity index (χ1n) is 7.44. The van der Waals surface area contributed by atoms with Gasteiger partial charge in [-0.1, -0.05) is 28.1 Å². The van der Waals surface area contributed by atoms with Crippen LogP contribution in [0.1, 0.15) is 23.7 Å². The van der Waals surface area contributed by atoms with Crippen LogP contribution in [0.25, 0.3) is 0 Å². The molecule has 2 aromatic carbocycles. The molecule has 0 aliphatic carbocycles. The van der Waals surface area contributed by atoms with Gasteiger partial charge >= 0.3 is 0 Å². The van der Waals surface area contributed by atoms with Gasteiger partial charge in [-0.25, -0.2) is 13.1 Å². The van der Waals surface area contributed by atoms with E-state index < -0.39 is 10.0 Å². The summed E-state index contributed by atoms with van der Waals surface area (Å²) in [4.78, 5) is 23.1. The normalized spacial score (nSPS) is 11.1. The maximum Gasteiger partial charge on any atom is 0.240 e. The van der Waals surface area contributed by atoms with Crippen LogP contribution in [0.15, 0.2) is 57.9 Å². The average Bonchev–Trinajstić information content (AvgIpc) is 2.57. The second-order valence-electron chi connectivity index (χ2n) is 5.28. The van der Waals surface area contributed by atoms with E-state index in [1.807, 2.05) is 0 Å². The molecular weight excluding hydrogens is 408 g/mol. The van der Waals surface area contributed by atoms with E-state index in [-0.39, 0.29) is 29.6 Å². The molecule has 0 heterocycles. The van der Waals surface area contributed by atoms with E-state index in [4.69, 9.17) is 0 Å². The van der Waals surface area contributed by atoms with E-state index >= 15 is 0 Å². The number of rotatable bonds is 7. The molecule has 25 heavy (non-hydrogen) atoms. The zero-order valence-electron chi connectivity index (χ0n) is 13.5. The molecule has 132 valence electrons. The number of ketones is 1. The molecule has 6 nitrogen and oxygen atoms in total. The third-order valence-corrected chi connectivity index (χ3v) is 5.35. The van der Waals surface area contributed by atoms with Crippen LogP contribution in [0.2, 0.25) is 0 Å². The highest BCUT2D eigenvalue weighted by atomic mass is 79.9. The van der Waals surface area contributed by atoms with Crippen molar-refractivity contribution in [1.29, 1.82) is 0 Å². The van der Waals surface area contributed by atoms with Gasteiger partial charge in [0.1, 0.15) is 0 Å². The Morgan fingerprint density at radius 1 is 1.00 bits per heavy atom.